The highest BCUT2D eigenvalue weighted by Gasteiger charge is 2.00. The lowest BCUT2D eigenvalue weighted by Crippen LogP contribution is -2.02. The highest BCUT2D eigenvalue weighted by atomic mass is 17.2. The molecule has 7 nitrogen and oxygen atoms in total. The number of nitrogen functional groups attached to an aromatic ring is 1. The Morgan fingerprint density at radius 2 is 2.00 bits per heavy atom. The van der Waals surface area contributed by atoms with Crippen LogP contribution in [0.5, 0.6) is 5.75 Å². The molecule has 0 radical (unpaired) electrons. The fourth-order valence-electron chi connectivity index (χ4n) is 0.985. The maximum Gasteiger partial charge on any atom is 0.175 e. The Kier molecular flexibility index (Phi) is 5.91. The molecule has 2 rings (SSSR count). The maximum atomic E-state index is 10.5. The van der Waals surface area contributed by atoms with E-state index < -0.39 is 0 Å². The van der Waals surface area contributed by atoms with Crippen molar-refractivity contribution in [2.75, 3.05) is 12.4 Å². The van der Waals surface area contributed by atoms with Gasteiger partial charge < -0.3 is 10.7 Å². The van der Waals surface area contributed by atoms with E-state index in [1.807, 2.05) is 6.92 Å². The van der Waals surface area contributed by atoms with E-state index in [4.69, 9.17) is 15.6 Å². The summed E-state index contributed by atoms with van der Waals surface area (Å²) >= 11 is 0. The molecule has 0 unspecified atom stereocenters. The van der Waals surface area contributed by atoms with Gasteiger partial charge in [-0.25, -0.2) is 4.68 Å². The van der Waals surface area contributed by atoms with Crippen LogP contribution in [0.25, 0.3) is 0 Å². The van der Waals surface area contributed by atoms with Crippen LogP contribution >= 0.6 is 0 Å². The lowest BCUT2D eigenvalue weighted by molar-refractivity contribution is -0.202. The minimum absolute atomic E-state index is 0.452. The fourth-order valence-corrected chi connectivity index (χ4v) is 0.985. The third kappa shape index (κ3) is 4.62. The Balaban J connectivity index is 0.000000225. The number of aldehydes is 1. The third-order valence-corrected chi connectivity index (χ3v) is 1.75. The maximum absolute atomic E-state index is 10.5. The minimum atomic E-state index is 0.452. The van der Waals surface area contributed by atoms with E-state index in [0.717, 1.165) is 6.29 Å². The summed E-state index contributed by atoms with van der Waals surface area (Å²) in [6.45, 7) is 2.26. The summed E-state index contributed by atoms with van der Waals surface area (Å²) in [5, 5.41) is 6.82. The van der Waals surface area contributed by atoms with Crippen LogP contribution in [0.1, 0.15) is 17.3 Å². The van der Waals surface area contributed by atoms with Gasteiger partial charge in [-0.05, 0) is 19.1 Å². The first-order valence-corrected chi connectivity index (χ1v) is 5.21. The molecule has 2 aromatic rings. The molecule has 0 spiro atoms. The summed E-state index contributed by atoms with van der Waals surface area (Å²) in [7, 11) is 0. The summed E-state index contributed by atoms with van der Waals surface area (Å²) in [4.78, 5) is 20.0. The van der Waals surface area contributed by atoms with Crippen molar-refractivity contribution in [2.24, 2.45) is 0 Å². The molecule has 0 aliphatic carbocycles. The Hall–Kier alpha value is -2.41. The monoisotopic (exact) mass is 250 g/mol. The molecule has 1 aromatic heterocycles. The van der Waals surface area contributed by atoms with Crippen LogP contribution in [0.4, 0.5) is 0 Å². The third-order valence-electron chi connectivity index (χ3n) is 1.75. The van der Waals surface area contributed by atoms with Gasteiger partial charge in [0.2, 0.25) is 0 Å². The predicted molar refractivity (Wildman–Crippen MR) is 64.3 cm³/mol. The molecular weight excluding hydrogens is 236 g/mol. The van der Waals surface area contributed by atoms with Crippen molar-refractivity contribution in [3.63, 3.8) is 0 Å². The van der Waals surface area contributed by atoms with Crippen LogP contribution in [0.3, 0.4) is 0 Å². The minimum Gasteiger partial charge on any atom is -0.337 e. The highest BCUT2D eigenvalue weighted by molar-refractivity contribution is 5.78. The van der Waals surface area contributed by atoms with Gasteiger partial charge in [-0.3, -0.25) is 4.79 Å². The molecule has 0 saturated heterocycles. The summed E-state index contributed by atoms with van der Waals surface area (Å²) in [6.07, 6.45) is 3.56. The predicted octanol–water partition coefficient (Wildman–Crippen LogP) is 0.821. The van der Waals surface area contributed by atoms with Crippen molar-refractivity contribution in [1.29, 1.82) is 0 Å². The van der Waals surface area contributed by atoms with Gasteiger partial charge in [-0.2, -0.15) is 4.89 Å². The van der Waals surface area contributed by atoms with Crippen LogP contribution in [-0.2, 0) is 4.89 Å². The second-order valence-electron chi connectivity index (χ2n) is 3.05. The average Bonchev–Trinajstić information content (AvgIpc) is 2.88. The number of aromatic nitrogens is 3. The highest BCUT2D eigenvalue weighted by Crippen LogP contribution is 2.15. The lowest BCUT2D eigenvalue weighted by atomic mass is 10.2. The normalized spacial score (nSPS) is 9.17. The van der Waals surface area contributed by atoms with Crippen LogP contribution in [0.15, 0.2) is 36.9 Å². The first-order valence-electron chi connectivity index (χ1n) is 5.21. The van der Waals surface area contributed by atoms with Crippen molar-refractivity contribution in [2.45, 2.75) is 6.92 Å². The van der Waals surface area contributed by atoms with E-state index in [9.17, 15) is 4.79 Å². The SMILES string of the molecule is CCOOc1ccccc1C=O.Nn1cnnc1. The second kappa shape index (κ2) is 7.80. The molecule has 0 saturated carbocycles. The van der Waals surface area contributed by atoms with Gasteiger partial charge in [0.05, 0.1) is 12.2 Å². The Morgan fingerprint density at radius 3 is 2.50 bits per heavy atom. The molecule has 0 amide bonds. The van der Waals surface area contributed by atoms with E-state index in [-0.39, 0.29) is 0 Å². The molecule has 0 fully saturated rings. The topological polar surface area (TPSA) is 92.3 Å². The zero-order valence-corrected chi connectivity index (χ0v) is 9.89. The van der Waals surface area contributed by atoms with Crippen LogP contribution < -0.4 is 10.7 Å². The Morgan fingerprint density at radius 1 is 1.33 bits per heavy atom. The van der Waals surface area contributed by atoms with E-state index in [2.05, 4.69) is 10.2 Å². The molecule has 18 heavy (non-hydrogen) atoms. The Bertz CT molecular complexity index is 459. The molecule has 0 atom stereocenters. The van der Waals surface area contributed by atoms with Crippen LogP contribution in [0, 0.1) is 0 Å². The van der Waals surface area contributed by atoms with Gasteiger partial charge in [0.25, 0.3) is 0 Å². The number of hydrogen-bond acceptors (Lipinski definition) is 6. The first-order chi connectivity index (χ1) is 8.77. The van der Waals surface area contributed by atoms with Crippen molar-refractivity contribution in [3.05, 3.63) is 42.5 Å². The average molecular weight is 250 g/mol. The lowest BCUT2D eigenvalue weighted by Gasteiger charge is -2.03. The zero-order chi connectivity index (χ0) is 13.2. The summed E-state index contributed by atoms with van der Waals surface area (Å²) in [5.41, 5.74) is 0.492. The molecule has 0 bridgehead atoms. The van der Waals surface area contributed by atoms with Gasteiger partial charge in [0.1, 0.15) is 12.7 Å². The van der Waals surface area contributed by atoms with Crippen molar-refractivity contribution in [1.82, 2.24) is 14.9 Å². The van der Waals surface area contributed by atoms with Gasteiger partial charge >= 0.3 is 0 Å². The number of nitrogens with zero attached hydrogens (tertiary/aromatic N) is 3. The van der Waals surface area contributed by atoms with E-state index in [1.54, 1.807) is 24.3 Å². The number of para-hydroxylation sites is 1. The van der Waals surface area contributed by atoms with Crippen LogP contribution in [-0.4, -0.2) is 27.8 Å². The number of rotatable bonds is 4. The number of benzene rings is 1. The molecule has 0 aliphatic heterocycles. The largest absolute Gasteiger partial charge is 0.337 e. The number of nitrogens with two attached hydrogens (primary N) is 1. The first kappa shape index (κ1) is 13.7. The van der Waals surface area contributed by atoms with E-state index in [1.165, 1.54) is 17.3 Å². The van der Waals surface area contributed by atoms with Gasteiger partial charge in [-0.15, -0.1) is 10.2 Å². The molecule has 7 heteroatoms. The standard InChI is InChI=1S/C9H10O3.C2H4N4/c1-2-11-12-9-6-4-3-5-8(9)7-10;3-6-1-4-5-2-6/h3-7H,2H2,1H3;1-2H,3H2. The fraction of sp³-hybridized carbons (Fsp3) is 0.182. The second-order valence-corrected chi connectivity index (χ2v) is 3.05. The number of hydrogen-bond donors (Lipinski definition) is 1. The summed E-state index contributed by atoms with van der Waals surface area (Å²) in [6, 6.07) is 6.89. The van der Waals surface area contributed by atoms with Gasteiger partial charge in [0, 0.05) is 0 Å². The number of carbonyl (C=O) groups excluding carboxylic acids is 1. The van der Waals surface area contributed by atoms with Crippen molar-refractivity contribution in [3.8, 4) is 5.75 Å². The molecule has 1 aromatic carbocycles. The molecule has 0 aliphatic rings. The smallest absolute Gasteiger partial charge is 0.175 e. The molecular formula is C11H14N4O3. The summed E-state index contributed by atoms with van der Waals surface area (Å²) in [5.74, 6) is 5.52. The van der Waals surface area contributed by atoms with Crippen LogP contribution in [0.2, 0.25) is 0 Å². The van der Waals surface area contributed by atoms with Gasteiger partial charge in [-0.1, -0.05) is 12.1 Å². The molecule has 96 valence electrons. The molecule has 1 heterocycles. The van der Waals surface area contributed by atoms with E-state index >= 15 is 0 Å². The quantitative estimate of drug-likeness (QED) is 0.374. The van der Waals surface area contributed by atoms with Crippen molar-refractivity contribution < 1.29 is 14.6 Å². The van der Waals surface area contributed by atoms with Gasteiger partial charge in [0.15, 0.2) is 12.0 Å². The summed E-state index contributed by atoms with van der Waals surface area (Å²) < 4.78 is 1.28. The number of carbonyl (C=O) groups is 1. The Labute approximate surface area is 104 Å². The molecule has 2 N–H and O–H groups in total. The zero-order valence-electron chi connectivity index (χ0n) is 9.89. The van der Waals surface area contributed by atoms with Crippen molar-refractivity contribution >= 4 is 6.29 Å². The van der Waals surface area contributed by atoms with E-state index in [0.29, 0.717) is 17.9 Å².